The lowest BCUT2D eigenvalue weighted by Crippen LogP contribution is -2.47. The first kappa shape index (κ1) is 39.7. The summed E-state index contributed by atoms with van der Waals surface area (Å²) in [4.78, 5) is 26.9. The van der Waals surface area contributed by atoms with Crippen LogP contribution in [0, 0.1) is 5.92 Å². The SMILES string of the molecule is COCCOCCOC(=O)N[C@@H](Cc1ccccc1)[C@@H](O)C[C@@H](Cc1ccc(OCCOCCOC)cc1)C(=O)N[C@H]1c2ccccc2C[C@H]1O. The molecule has 0 heterocycles. The predicted molar refractivity (Wildman–Crippen MR) is 191 cm³/mol. The van der Waals surface area contributed by atoms with Gasteiger partial charge in [0.25, 0.3) is 0 Å². The summed E-state index contributed by atoms with van der Waals surface area (Å²) in [7, 11) is 3.20. The molecular formula is C39H52N2O10. The van der Waals surface area contributed by atoms with Gasteiger partial charge in [-0.2, -0.15) is 0 Å². The van der Waals surface area contributed by atoms with E-state index in [1.54, 1.807) is 14.2 Å². The molecule has 3 aromatic rings. The van der Waals surface area contributed by atoms with Crippen LogP contribution in [0.1, 0.15) is 34.7 Å². The minimum absolute atomic E-state index is 0.0282. The van der Waals surface area contributed by atoms with Gasteiger partial charge in [-0.15, -0.1) is 0 Å². The van der Waals surface area contributed by atoms with Crippen LogP contribution in [0.5, 0.6) is 5.75 Å². The lowest BCUT2D eigenvalue weighted by molar-refractivity contribution is -0.127. The number of ether oxygens (including phenoxy) is 6. The van der Waals surface area contributed by atoms with Gasteiger partial charge in [-0.3, -0.25) is 4.79 Å². The zero-order valence-corrected chi connectivity index (χ0v) is 29.5. The minimum atomic E-state index is -1.12. The molecule has 12 nitrogen and oxygen atoms in total. The Balaban J connectivity index is 1.46. The van der Waals surface area contributed by atoms with Crippen LogP contribution < -0.4 is 15.4 Å². The highest BCUT2D eigenvalue weighted by Gasteiger charge is 2.35. The largest absolute Gasteiger partial charge is 0.491 e. The number of aliphatic hydroxyl groups is 2. The molecule has 1 aliphatic carbocycles. The molecule has 0 saturated carbocycles. The number of fused-ring (bicyclic) bond motifs is 1. The maximum atomic E-state index is 14.0. The molecule has 0 bridgehead atoms. The number of hydrogen-bond donors (Lipinski definition) is 4. The van der Waals surface area contributed by atoms with Gasteiger partial charge in [0.15, 0.2) is 0 Å². The van der Waals surface area contributed by atoms with Crippen molar-refractivity contribution < 1.29 is 48.2 Å². The number of rotatable bonds is 23. The van der Waals surface area contributed by atoms with Crippen LogP contribution in [0.4, 0.5) is 4.79 Å². The molecule has 5 atom stereocenters. The highest BCUT2D eigenvalue weighted by atomic mass is 16.6. The van der Waals surface area contributed by atoms with Crippen molar-refractivity contribution in [1.82, 2.24) is 10.6 Å². The zero-order valence-electron chi connectivity index (χ0n) is 29.5. The number of hydrogen-bond acceptors (Lipinski definition) is 10. The highest BCUT2D eigenvalue weighted by molar-refractivity contribution is 5.80. The van der Waals surface area contributed by atoms with Gasteiger partial charge in [-0.25, -0.2) is 4.79 Å². The van der Waals surface area contributed by atoms with Crippen molar-refractivity contribution in [1.29, 1.82) is 0 Å². The van der Waals surface area contributed by atoms with E-state index >= 15 is 0 Å². The van der Waals surface area contributed by atoms with Gasteiger partial charge in [0.2, 0.25) is 5.91 Å². The smallest absolute Gasteiger partial charge is 0.407 e. The third kappa shape index (κ3) is 13.6. The van der Waals surface area contributed by atoms with Crippen molar-refractivity contribution in [2.45, 2.75) is 50.0 Å². The first-order valence-electron chi connectivity index (χ1n) is 17.4. The fourth-order valence-electron chi connectivity index (χ4n) is 6.01. The molecule has 0 saturated heterocycles. The van der Waals surface area contributed by atoms with Crippen molar-refractivity contribution >= 4 is 12.0 Å². The summed E-state index contributed by atoms with van der Waals surface area (Å²) in [6, 6.07) is 23.3. The van der Waals surface area contributed by atoms with Crippen LogP contribution in [-0.4, -0.2) is 108 Å². The third-order valence-electron chi connectivity index (χ3n) is 8.69. The highest BCUT2D eigenvalue weighted by Crippen LogP contribution is 2.32. The number of methoxy groups -OCH3 is 2. The molecule has 2 amide bonds. The molecule has 0 fully saturated rings. The van der Waals surface area contributed by atoms with Gasteiger partial charge < -0.3 is 49.3 Å². The summed E-state index contributed by atoms with van der Waals surface area (Å²) in [6.07, 6.45) is -1.50. The maximum absolute atomic E-state index is 14.0. The zero-order chi connectivity index (χ0) is 36.3. The molecule has 1 aliphatic rings. The third-order valence-corrected chi connectivity index (χ3v) is 8.69. The molecule has 0 aromatic heterocycles. The van der Waals surface area contributed by atoms with Crippen molar-refractivity contribution in [2.75, 3.05) is 67.1 Å². The molecule has 0 radical (unpaired) electrons. The molecule has 0 unspecified atom stereocenters. The van der Waals surface area contributed by atoms with Gasteiger partial charge in [-0.1, -0.05) is 66.7 Å². The topological polar surface area (TPSA) is 154 Å². The van der Waals surface area contributed by atoms with Gasteiger partial charge in [0, 0.05) is 26.6 Å². The van der Waals surface area contributed by atoms with Crippen LogP contribution in [0.25, 0.3) is 0 Å². The van der Waals surface area contributed by atoms with Crippen LogP contribution in [-0.2, 0) is 47.7 Å². The Morgan fingerprint density at radius 2 is 1.39 bits per heavy atom. The van der Waals surface area contributed by atoms with Gasteiger partial charge in [-0.05, 0) is 53.6 Å². The first-order chi connectivity index (χ1) is 24.9. The number of benzene rings is 3. The summed E-state index contributed by atoms with van der Waals surface area (Å²) < 4.78 is 31.9. The number of alkyl carbamates (subject to hydrolysis) is 1. The van der Waals surface area contributed by atoms with E-state index in [9.17, 15) is 19.8 Å². The van der Waals surface area contributed by atoms with E-state index in [1.165, 1.54) is 0 Å². The van der Waals surface area contributed by atoms with Crippen LogP contribution >= 0.6 is 0 Å². The molecule has 12 heteroatoms. The van der Waals surface area contributed by atoms with Gasteiger partial charge >= 0.3 is 6.09 Å². The fourth-order valence-corrected chi connectivity index (χ4v) is 6.01. The van der Waals surface area contributed by atoms with E-state index in [1.807, 2.05) is 78.9 Å². The average Bonchev–Trinajstić information content (AvgIpc) is 3.45. The van der Waals surface area contributed by atoms with Crippen LogP contribution in [0.2, 0.25) is 0 Å². The molecule has 3 aromatic carbocycles. The number of carbonyl (C=O) groups excluding carboxylic acids is 2. The molecule has 4 N–H and O–H groups in total. The average molecular weight is 709 g/mol. The van der Waals surface area contributed by atoms with E-state index in [-0.39, 0.29) is 25.5 Å². The first-order valence-corrected chi connectivity index (χ1v) is 17.4. The lowest BCUT2D eigenvalue weighted by atomic mass is 9.88. The summed E-state index contributed by atoms with van der Waals surface area (Å²) in [5.74, 6) is -0.348. The Morgan fingerprint density at radius 1 is 0.765 bits per heavy atom. The maximum Gasteiger partial charge on any atom is 0.407 e. The number of aliphatic hydroxyl groups excluding tert-OH is 2. The summed E-state index contributed by atoms with van der Waals surface area (Å²) in [5, 5.41) is 28.5. The second-order valence-corrected chi connectivity index (χ2v) is 12.4. The number of carbonyl (C=O) groups is 2. The van der Waals surface area contributed by atoms with E-state index in [0.717, 1.165) is 22.3 Å². The fraction of sp³-hybridized carbons (Fsp3) is 0.487. The lowest BCUT2D eigenvalue weighted by Gasteiger charge is -2.28. The monoisotopic (exact) mass is 708 g/mol. The second-order valence-electron chi connectivity index (χ2n) is 12.4. The molecule has 0 spiro atoms. The van der Waals surface area contributed by atoms with E-state index in [0.29, 0.717) is 64.7 Å². The predicted octanol–water partition coefficient (Wildman–Crippen LogP) is 3.41. The molecule has 278 valence electrons. The normalized spacial score (nSPS) is 16.9. The minimum Gasteiger partial charge on any atom is -0.491 e. The quantitative estimate of drug-likeness (QED) is 0.108. The van der Waals surface area contributed by atoms with E-state index in [4.69, 9.17) is 28.4 Å². The molecule has 0 aliphatic heterocycles. The second kappa shape index (κ2) is 22.0. The number of nitrogens with one attached hydrogen (secondary N) is 2. The summed E-state index contributed by atoms with van der Waals surface area (Å²) in [6.45, 7) is 2.85. The Labute approximate surface area is 300 Å². The van der Waals surface area contributed by atoms with Crippen LogP contribution in [0.15, 0.2) is 78.9 Å². The van der Waals surface area contributed by atoms with Crippen molar-refractivity contribution in [3.8, 4) is 5.75 Å². The van der Waals surface area contributed by atoms with Gasteiger partial charge in [0.05, 0.1) is 63.9 Å². The molecular weight excluding hydrogens is 656 g/mol. The number of amides is 2. The van der Waals surface area contributed by atoms with Gasteiger partial charge in [0.1, 0.15) is 19.0 Å². The Hall–Kier alpha value is -4.04. The standard InChI is InChI=1S/C39H52N2O10/c1-46-16-18-48-20-22-50-32-14-12-29(13-15-32)24-31(38(44)41-37-33-11-7-6-10-30(33)26-36(37)43)27-35(42)34(25-28-8-4-3-5-9-28)40-39(45)51-23-21-49-19-17-47-2/h3-15,31,34-37,42-43H,16-27H2,1-2H3,(H,40,45)(H,41,44)/t31-,34+,35+,36-,37+/m1/s1. The Morgan fingerprint density at radius 3 is 2.10 bits per heavy atom. The van der Waals surface area contributed by atoms with Crippen LogP contribution in [0.3, 0.4) is 0 Å². The van der Waals surface area contributed by atoms with Crippen molar-refractivity contribution in [3.63, 3.8) is 0 Å². The van der Waals surface area contributed by atoms with Crippen molar-refractivity contribution in [3.05, 3.63) is 101 Å². The molecule has 51 heavy (non-hydrogen) atoms. The van der Waals surface area contributed by atoms with E-state index in [2.05, 4.69) is 10.6 Å². The Bertz CT molecular complexity index is 1440. The Kier molecular flexibility index (Phi) is 17.2. The molecule has 4 rings (SSSR count). The summed E-state index contributed by atoms with van der Waals surface area (Å²) >= 11 is 0. The van der Waals surface area contributed by atoms with Crippen molar-refractivity contribution in [2.24, 2.45) is 5.92 Å². The summed E-state index contributed by atoms with van der Waals surface area (Å²) in [5.41, 5.74) is 3.62. The van der Waals surface area contributed by atoms with E-state index < -0.39 is 36.3 Å².